The minimum atomic E-state index is -0.413. The average molecular weight is 393 g/mol. The molecule has 0 radical (unpaired) electrons. The Morgan fingerprint density at radius 1 is 1.35 bits per heavy atom. The van der Waals surface area contributed by atoms with Crippen molar-refractivity contribution < 1.29 is 14.3 Å². The Morgan fingerprint density at radius 2 is 2.08 bits per heavy atom. The third-order valence-corrected chi connectivity index (χ3v) is 6.48. The third-order valence-electron chi connectivity index (χ3n) is 4.08. The zero-order valence-corrected chi connectivity index (χ0v) is 16.5. The lowest BCUT2D eigenvalue weighted by Gasteiger charge is -2.17. The van der Waals surface area contributed by atoms with Crippen molar-refractivity contribution >= 4 is 29.5 Å². The van der Waals surface area contributed by atoms with Gasteiger partial charge in [0.2, 0.25) is 0 Å². The highest BCUT2D eigenvalue weighted by molar-refractivity contribution is 8.00. The summed E-state index contributed by atoms with van der Waals surface area (Å²) in [6, 6.07) is 7.23. The number of carbonyl (C=O) groups excluding carboxylic acids is 1. The maximum atomic E-state index is 13.1. The van der Waals surface area contributed by atoms with Crippen LogP contribution >= 0.6 is 23.5 Å². The number of esters is 1. The average Bonchev–Trinajstić information content (AvgIpc) is 3.14. The van der Waals surface area contributed by atoms with Gasteiger partial charge in [0.05, 0.1) is 30.5 Å². The van der Waals surface area contributed by atoms with Crippen molar-refractivity contribution in [1.82, 2.24) is 9.55 Å². The van der Waals surface area contributed by atoms with E-state index in [1.165, 1.54) is 30.6 Å². The molecule has 2 heterocycles. The molecule has 0 unspecified atom stereocenters. The van der Waals surface area contributed by atoms with E-state index in [9.17, 15) is 9.59 Å². The van der Waals surface area contributed by atoms with Crippen LogP contribution in [-0.2, 0) is 16.0 Å². The number of benzene rings is 1. The molecule has 1 aromatic heterocycles. The van der Waals surface area contributed by atoms with Crippen molar-refractivity contribution in [2.24, 2.45) is 0 Å². The number of hydrogen-bond donors (Lipinski definition) is 0. The molecule has 0 amide bonds. The maximum absolute atomic E-state index is 13.1. The predicted octanol–water partition coefficient (Wildman–Crippen LogP) is 2.93. The van der Waals surface area contributed by atoms with E-state index in [0.717, 1.165) is 17.9 Å². The molecule has 26 heavy (non-hydrogen) atoms. The summed E-state index contributed by atoms with van der Waals surface area (Å²) in [6.07, 6.45) is 1.35. The summed E-state index contributed by atoms with van der Waals surface area (Å²) in [5.74, 6) is 1.24. The van der Waals surface area contributed by atoms with Crippen LogP contribution in [0.15, 0.2) is 39.1 Å². The Kier molecular flexibility index (Phi) is 5.93. The standard InChI is InChI=1S/C18H20N2O4S2/c1-4-14(17(22)24-3)26-18-19-13-9-10-25-15(13)16(21)20(18)11-5-7-12(23-2)8-6-11/h5-8,14H,4,9-10H2,1-3H3/t14-/m0/s1. The highest BCUT2D eigenvalue weighted by Gasteiger charge is 2.26. The van der Waals surface area contributed by atoms with E-state index >= 15 is 0 Å². The number of ether oxygens (including phenoxy) is 2. The molecule has 0 fully saturated rings. The lowest BCUT2D eigenvalue weighted by molar-refractivity contribution is -0.140. The van der Waals surface area contributed by atoms with Crippen molar-refractivity contribution in [1.29, 1.82) is 0 Å². The van der Waals surface area contributed by atoms with Gasteiger partial charge in [-0.05, 0) is 30.7 Å². The molecule has 0 aliphatic carbocycles. The normalized spacial score (nSPS) is 14.0. The van der Waals surface area contributed by atoms with Gasteiger partial charge in [0, 0.05) is 12.2 Å². The van der Waals surface area contributed by atoms with Gasteiger partial charge in [-0.2, -0.15) is 0 Å². The Balaban J connectivity index is 2.11. The summed E-state index contributed by atoms with van der Waals surface area (Å²) in [6.45, 7) is 1.91. The van der Waals surface area contributed by atoms with Crippen molar-refractivity contribution in [2.75, 3.05) is 20.0 Å². The number of hydrogen-bond acceptors (Lipinski definition) is 7. The van der Waals surface area contributed by atoms with E-state index in [0.29, 0.717) is 27.9 Å². The summed E-state index contributed by atoms with van der Waals surface area (Å²) in [7, 11) is 2.97. The number of methoxy groups -OCH3 is 2. The zero-order chi connectivity index (χ0) is 18.7. The summed E-state index contributed by atoms with van der Waals surface area (Å²) in [5.41, 5.74) is 1.41. The third kappa shape index (κ3) is 3.61. The number of aromatic nitrogens is 2. The van der Waals surface area contributed by atoms with Crippen molar-refractivity contribution in [3.63, 3.8) is 0 Å². The fourth-order valence-corrected chi connectivity index (χ4v) is 4.79. The monoisotopic (exact) mass is 392 g/mol. The molecule has 138 valence electrons. The molecule has 1 aliphatic heterocycles. The van der Waals surface area contributed by atoms with Gasteiger partial charge in [-0.25, -0.2) is 4.98 Å². The molecule has 0 saturated carbocycles. The second-order valence-electron chi connectivity index (χ2n) is 5.65. The SMILES string of the molecule is CC[C@H](Sc1nc2c(c(=O)n1-c1ccc(OC)cc1)SCC2)C(=O)OC. The molecule has 8 heteroatoms. The van der Waals surface area contributed by atoms with E-state index < -0.39 is 5.25 Å². The minimum absolute atomic E-state index is 0.0927. The molecule has 2 aromatic rings. The Labute approximate surface area is 160 Å². The van der Waals surface area contributed by atoms with Crippen LogP contribution in [0.3, 0.4) is 0 Å². The Bertz CT molecular complexity index is 865. The van der Waals surface area contributed by atoms with Crippen LogP contribution in [0.1, 0.15) is 19.0 Å². The smallest absolute Gasteiger partial charge is 0.319 e. The van der Waals surface area contributed by atoms with Crippen LogP contribution in [0.2, 0.25) is 0 Å². The topological polar surface area (TPSA) is 70.4 Å². The van der Waals surface area contributed by atoms with Crippen molar-refractivity contribution in [2.45, 2.75) is 35.1 Å². The molecule has 1 aliphatic rings. The maximum Gasteiger partial charge on any atom is 0.319 e. The van der Waals surface area contributed by atoms with Gasteiger partial charge in [0.15, 0.2) is 5.16 Å². The van der Waals surface area contributed by atoms with Crippen LogP contribution in [0, 0.1) is 0 Å². The molecular formula is C18H20N2O4S2. The molecule has 1 aromatic carbocycles. The van der Waals surface area contributed by atoms with Gasteiger partial charge in [-0.3, -0.25) is 14.2 Å². The van der Waals surface area contributed by atoms with Crippen molar-refractivity contribution in [3.05, 3.63) is 40.3 Å². The largest absolute Gasteiger partial charge is 0.497 e. The fraction of sp³-hybridized carbons (Fsp3) is 0.389. The van der Waals surface area contributed by atoms with Crippen LogP contribution in [-0.4, -0.2) is 40.7 Å². The van der Waals surface area contributed by atoms with Gasteiger partial charge in [-0.1, -0.05) is 18.7 Å². The van der Waals surface area contributed by atoms with E-state index in [1.54, 1.807) is 23.8 Å². The first-order chi connectivity index (χ1) is 12.6. The Morgan fingerprint density at radius 3 is 2.69 bits per heavy atom. The number of carbonyl (C=O) groups is 1. The molecule has 0 spiro atoms. The van der Waals surface area contributed by atoms with Gasteiger partial charge >= 0.3 is 5.97 Å². The first kappa shape index (κ1) is 18.8. The zero-order valence-electron chi connectivity index (χ0n) is 14.9. The van der Waals surface area contributed by atoms with Gasteiger partial charge in [-0.15, -0.1) is 11.8 Å². The van der Waals surface area contributed by atoms with Gasteiger partial charge in [0.25, 0.3) is 5.56 Å². The summed E-state index contributed by atoms with van der Waals surface area (Å²) in [5, 5.41) is 0.0992. The number of rotatable bonds is 6. The molecule has 0 bridgehead atoms. The van der Waals surface area contributed by atoms with E-state index in [1.807, 2.05) is 19.1 Å². The van der Waals surface area contributed by atoms with Crippen molar-refractivity contribution in [3.8, 4) is 11.4 Å². The molecule has 1 atom stereocenters. The fourth-order valence-electron chi connectivity index (χ4n) is 2.69. The summed E-state index contributed by atoms with van der Waals surface area (Å²) < 4.78 is 11.6. The molecule has 0 saturated heterocycles. The highest BCUT2D eigenvalue weighted by atomic mass is 32.2. The van der Waals surface area contributed by atoms with E-state index in [2.05, 4.69) is 0 Å². The summed E-state index contributed by atoms with van der Waals surface area (Å²) in [4.78, 5) is 30.5. The van der Waals surface area contributed by atoms with E-state index in [-0.39, 0.29) is 11.5 Å². The predicted molar refractivity (Wildman–Crippen MR) is 103 cm³/mol. The lowest BCUT2D eigenvalue weighted by atomic mass is 10.3. The second-order valence-corrected chi connectivity index (χ2v) is 7.92. The first-order valence-corrected chi connectivity index (χ1v) is 10.1. The Hall–Kier alpha value is -1.93. The number of thioether (sulfide) groups is 2. The van der Waals surface area contributed by atoms with E-state index in [4.69, 9.17) is 14.5 Å². The molecule has 3 rings (SSSR count). The highest BCUT2D eigenvalue weighted by Crippen LogP contribution is 2.32. The van der Waals surface area contributed by atoms with Crippen LogP contribution in [0.25, 0.3) is 5.69 Å². The molecule has 6 nitrogen and oxygen atoms in total. The summed E-state index contributed by atoms with van der Waals surface area (Å²) >= 11 is 2.80. The van der Waals surface area contributed by atoms with Gasteiger partial charge < -0.3 is 9.47 Å². The lowest BCUT2D eigenvalue weighted by Crippen LogP contribution is -2.26. The number of nitrogens with zero attached hydrogens (tertiary/aromatic N) is 2. The first-order valence-electron chi connectivity index (χ1n) is 8.26. The number of aryl methyl sites for hydroxylation is 1. The minimum Gasteiger partial charge on any atom is -0.497 e. The van der Waals surface area contributed by atoms with Crippen LogP contribution in [0.4, 0.5) is 0 Å². The van der Waals surface area contributed by atoms with Crippen LogP contribution in [0.5, 0.6) is 5.75 Å². The quantitative estimate of drug-likeness (QED) is 0.425. The number of fused-ring (bicyclic) bond motifs is 1. The second kappa shape index (κ2) is 8.18. The van der Waals surface area contributed by atoms with Crippen LogP contribution < -0.4 is 10.3 Å². The molecular weight excluding hydrogens is 372 g/mol. The molecule has 0 N–H and O–H groups in total. The van der Waals surface area contributed by atoms with Gasteiger partial charge in [0.1, 0.15) is 11.0 Å².